The molecule has 1 fully saturated rings. The molecule has 1 heterocycles. The molecule has 1 aliphatic rings. The van der Waals surface area contributed by atoms with Gasteiger partial charge in [-0.2, -0.15) is 0 Å². The highest BCUT2D eigenvalue weighted by molar-refractivity contribution is 5.85. The van der Waals surface area contributed by atoms with Crippen LogP contribution in [0, 0.1) is 6.92 Å². The minimum absolute atomic E-state index is 0. The van der Waals surface area contributed by atoms with Gasteiger partial charge >= 0.3 is 0 Å². The van der Waals surface area contributed by atoms with Gasteiger partial charge < -0.3 is 15.2 Å². The van der Waals surface area contributed by atoms with E-state index in [0.717, 1.165) is 31.0 Å². The minimum atomic E-state index is 0. The van der Waals surface area contributed by atoms with Crippen molar-refractivity contribution < 1.29 is 9.47 Å². The van der Waals surface area contributed by atoms with Gasteiger partial charge in [0.25, 0.3) is 0 Å². The first-order valence-corrected chi connectivity index (χ1v) is 7.85. The minimum Gasteiger partial charge on any atom is -0.493 e. The van der Waals surface area contributed by atoms with Crippen LogP contribution in [0.4, 0.5) is 0 Å². The largest absolute Gasteiger partial charge is 0.493 e. The summed E-state index contributed by atoms with van der Waals surface area (Å²) in [7, 11) is 3.37. The normalized spacial score (nSPS) is 18.6. The number of hydrogen-bond donors (Lipinski definition) is 1. The summed E-state index contributed by atoms with van der Waals surface area (Å²) in [6.07, 6.45) is 4.97. The summed E-state index contributed by atoms with van der Waals surface area (Å²) in [5.74, 6) is 1.61. The van der Waals surface area contributed by atoms with Crippen LogP contribution in [0.5, 0.6) is 11.5 Å². The Bertz CT molecular complexity index is 466. The second kappa shape index (κ2) is 9.23. The first kappa shape index (κ1) is 19.1. The zero-order valence-corrected chi connectivity index (χ0v) is 14.7. The van der Waals surface area contributed by atoms with Crippen molar-refractivity contribution in [1.82, 2.24) is 4.90 Å². The van der Waals surface area contributed by atoms with E-state index in [4.69, 9.17) is 15.2 Å². The molecule has 0 amide bonds. The maximum Gasteiger partial charge on any atom is 0.161 e. The molecule has 5 heteroatoms. The van der Waals surface area contributed by atoms with Gasteiger partial charge in [0.2, 0.25) is 0 Å². The zero-order chi connectivity index (χ0) is 15.2. The van der Waals surface area contributed by atoms with Gasteiger partial charge in [0.15, 0.2) is 11.5 Å². The van der Waals surface area contributed by atoms with Gasteiger partial charge in [-0.15, -0.1) is 12.4 Å². The lowest BCUT2D eigenvalue weighted by Crippen LogP contribution is -2.40. The molecular weight excluding hydrogens is 300 g/mol. The van der Waals surface area contributed by atoms with E-state index in [9.17, 15) is 0 Å². The maximum absolute atomic E-state index is 5.77. The average molecular weight is 329 g/mol. The molecule has 0 radical (unpaired) electrons. The van der Waals surface area contributed by atoms with Crippen molar-refractivity contribution in [2.75, 3.05) is 27.3 Å². The Balaban J connectivity index is 0.00000242. The lowest BCUT2D eigenvalue weighted by molar-refractivity contribution is 0.133. The quantitative estimate of drug-likeness (QED) is 0.871. The lowest BCUT2D eigenvalue weighted by Gasteiger charge is -2.36. The van der Waals surface area contributed by atoms with Crippen LogP contribution in [0.3, 0.4) is 0 Å². The fourth-order valence-corrected chi connectivity index (χ4v) is 3.20. The first-order valence-electron chi connectivity index (χ1n) is 7.85. The van der Waals surface area contributed by atoms with Gasteiger partial charge in [0, 0.05) is 12.6 Å². The van der Waals surface area contributed by atoms with Crippen LogP contribution >= 0.6 is 12.4 Å². The van der Waals surface area contributed by atoms with Crippen molar-refractivity contribution in [3.05, 3.63) is 23.3 Å². The summed E-state index contributed by atoms with van der Waals surface area (Å²) < 4.78 is 10.8. The molecular formula is C17H29ClN2O2. The molecule has 22 heavy (non-hydrogen) atoms. The molecule has 0 spiro atoms. The Morgan fingerprint density at radius 1 is 1.18 bits per heavy atom. The van der Waals surface area contributed by atoms with Crippen LogP contribution in [-0.4, -0.2) is 38.3 Å². The molecule has 4 nitrogen and oxygen atoms in total. The number of likely N-dealkylation sites (tertiary alicyclic amines) is 1. The molecule has 1 aromatic carbocycles. The third kappa shape index (κ3) is 4.51. The second-order valence-electron chi connectivity index (χ2n) is 5.83. The highest BCUT2D eigenvalue weighted by atomic mass is 35.5. The number of hydrogen-bond acceptors (Lipinski definition) is 4. The summed E-state index contributed by atoms with van der Waals surface area (Å²) >= 11 is 0. The van der Waals surface area contributed by atoms with Crippen LogP contribution in [-0.2, 0) is 6.54 Å². The molecule has 1 aliphatic heterocycles. The Labute approximate surface area is 140 Å². The molecule has 126 valence electrons. The molecule has 1 atom stereocenters. The SMILES string of the molecule is COc1cc(C)c(CN2CCCCC2CCN)cc1OC.Cl. The Morgan fingerprint density at radius 2 is 1.86 bits per heavy atom. The van der Waals surface area contributed by atoms with Gasteiger partial charge in [0.05, 0.1) is 14.2 Å². The fraction of sp³-hybridized carbons (Fsp3) is 0.647. The zero-order valence-electron chi connectivity index (χ0n) is 13.9. The van der Waals surface area contributed by atoms with Gasteiger partial charge in [-0.3, -0.25) is 4.90 Å². The Hall–Kier alpha value is -0.970. The van der Waals surface area contributed by atoms with Crippen molar-refractivity contribution in [3.63, 3.8) is 0 Å². The van der Waals surface area contributed by atoms with E-state index in [0.29, 0.717) is 6.04 Å². The molecule has 1 saturated heterocycles. The number of ether oxygens (including phenoxy) is 2. The number of benzene rings is 1. The van der Waals surface area contributed by atoms with Crippen LogP contribution in [0.25, 0.3) is 0 Å². The van der Waals surface area contributed by atoms with Crippen molar-refractivity contribution in [1.29, 1.82) is 0 Å². The van der Waals surface area contributed by atoms with E-state index in [2.05, 4.69) is 24.0 Å². The number of rotatable bonds is 6. The highest BCUT2D eigenvalue weighted by Gasteiger charge is 2.22. The summed E-state index contributed by atoms with van der Waals surface area (Å²) in [5.41, 5.74) is 8.34. The van der Waals surface area contributed by atoms with E-state index in [1.807, 2.05) is 0 Å². The molecule has 1 unspecified atom stereocenters. The van der Waals surface area contributed by atoms with Crippen molar-refractivity contribution >= 4 is 12.4 Å². The molecule has 2 N–H and O–H groups in total. The van der Waals surface area contributed by atoms with Crippen molar-refractivity contribution in [2.45, 2.75) is 45.2 Å². The Morgan fingerprint density at radius 3 is 2.50 bits per heavy atom. The Kier molecular flexibility index (Phi) is 8.01. The number of nitrogens with two attached hydrogens (primary N) is 1. The molecule has 1 aromatic rings. The first-order chi connectivity index (χ1) is 10.2. The smallest absolute Gasteiger partial charge is 0.161 e. The number of piperidine rings is 1. The van der Waals surface area contributed by atoms with E-state index >= 15 is 0 Å². The second-order valence-corrected chi connectivity index (χ2v) is 5.83. The van der Waals surface area contributed by atoms with Gasteiger partial charge in [-0.05, 0) is 62.5 Å². The van der Waals surface area contributed by atoms with E-state index in [1.54, 1.807) is 14.2 Å². The predicted molar refractivity (Wildman–Crippen MR) is 93.3 cm³/mol. The monoisotopic (exact) mass is 328 g/mol. The van der Waals surface area contributed by atoms with Gasteiger partial charge in [-0.1, -0.05) is 6.42 Å². The molecule has 0 saturated carbocycles. The number of nitrogens with zero attached hydrogens (tertiary/aromatic N) is 1. The van der Waals surface area contributed by atoms with Crippen LogP contribution < -0.4 is 15.2 Å². The van der Waals surface area contributed by atoms with E-state index < -0.39 is 0 Å². The van der Waals surface area contributed by atoms with Crippen LogP contribution in [0.1, 0.15) is 36.8 Å². The molecule has 0 bridgehead atoms. The highest BCUT2D eigenvalue weighted by Crippen LogP contribution is 2.32. The van der Waals surface area contributed by atoms with Crippen LogP contribution in [0.15, 0.2) is 12.1 Å². The number of methoxy groups -OCH3 is 2. The summed E-state index contributed by atoms with van der Waals surface area (Å²) in [5, 5.41) is 0. The average Bonchev–Trinajstić information content (AvgIpc) is 2.51. The lowest BCUT2D eigenvalue weighted by atomic mass is 9.97. The third-order valence-corrected chi connectivity index (χ3v) is 4.46. The summed E-state index contributed by atoms with van der Waals surface area (Å²) in [4.78, 5) is 2.57. The topological polar surface area (TPSA) is 47.7 Å². The van der Waals surface area contributed by atoms with Crippen molar-refractivity contribution in [3.8, 4) is 11.5 Å². The van der Waals surface area contributed by atoms with E-state index in [1.165, 1.54) is 36.9 Å². The maximum atomic E-state index is 5.77. The summed E-state index contributed by atoms with van der Waals surface area (Å²) in [6, 6.07) is 4.80. The van der Waals surface area contributed by atoms with Crippen molar-refractivity contribution in [2.24, 2.45) is 5.73 Å². The van der Waals surface area contributed by atoms with Gasteiger partial charge in [0.1, 0.15) is 0 Å². The fourth-order valence-electron chi connectivity index (χ4n) is 3.20. The molecule has 0 aromatic heterocycles. The number of aryl methyl sites for hydroxylation is 1. The number of halogens is 1. The standard InChI is InChI=1S/C17H28N2O2.ClH/c1-13-10-16(20-2)17(21-3)11-14(13)12-19-9-5-4-6-15(19)7-8-18;/h10-11,15H,4-9,12,18H2,1-3H3;1H. The van der Waals surface area contributed by atoms with E-state index in [-0.39, 0.29) is 12.4 Å². The van der Waals surface area contributed by atoms with Crippen LogP contribution in [0.2, 0.25) is 0 Å². The van der Waals surface area contributed by atoms with Gasteiger partial charge in [-0.25, -0.2) is 0 Å². The molecule has 0 aliphatic carbocycles. The third-order valence-electron chi connectivity index (χ3n) is 4.46. The summed E-state index contributed by atoms with van der Waals surface area (Å²) in [6.45, 7) is 5.04. The predicted octanol–water partition coefficient (Wildman–Crippen LogP) is 3.14. The molecule has 2 rings (SSSR count).